The summed E-state index contributed by atoms with van der Waals surface area (Å²) in [6, 6.07) is 13.2. The first-order chi connectivity index (χ1) is 15.9. The molecule has 0 heterocycles. The van der Waals surface area contributed by atoms with Crippen LogP contribution in [0.2, 0.25) is 0 Å². The molecule has 1 saturated carbocycles. The van der Waals surface area contributed by atoms with Gasteiger partial charge in [0.2, 0.25) is 5.91 Å². The van der Waals surface area contributed by atoms with E-state index in [0.29, 0.717) is 42.1 Å². The van der Waals surface area contributed by atoms with Gasteiger partial charge in [0.05, 0.1) is 7.11 Å². The Morgan fingerprint density at radius 3 is 2.58 bits per heavy atom. The summed E-state index contributed by atoms with van der Waals surface area (Å²) in [6.45, 7) is 2.21. The predicted octanol–water partition coefficient (Wildman–Crippen LogP) is 5.52. The molecule has 3 rings (SSSR count). The highest BCUT2D eigenvalue weighted by atomic mass is 19.1. The Labute approximate surface area is 195 Å². The molecule has 2 N–H and O–H groups in total. The van der Waals surface area contributed by atoms with Gasteiger partial charge >= 0.3 is 0 Å². The third kappa shape index (κ3) is 7.31. The third-order valence-corrected chi connectivity index (χ3v) is 6.60. The van der Waals surface area contributed by atoms with Crippen LogP contribution in [0.1, 0.15) is 74.8 Å². The average molecular weight is 456 g/mol. The zero-order valence-corrected chi connectivity index (χ0v) is 19.5. The van der Waals surface area contributed by atoms with E-state index in [-0.39, 0.29) is 24.6 Å². The Balaban J connectivity index is 1.46. The fraction of sp³-hybridized carbons (Fsp3) is 0.481. The molecule has 1 aliphatic rings. The molecule has 0 spiro atoms. The topological polar surface area (TPSA) is 78.6 Å². The Bertz CT molecular complexity index is 944. The highest BCUT2D eigenvalue weighted by Gasteiger charge is 2.27. The number of carbonyl (C=O) groups is 2. The molecule has 2 aromatic rings. The SMILES string of the molecule is COc1cc([C@@H](C)C[C@H]2CC[C@@H](c3ccc(OCC(=O)CCCC(N)=O)cc3)C2)ccc1F. The molecule has 1 amide bonds. The van der Waals surface area contributed by atoms with Crippen molar-refractivity contribution < 1.29 is 23.5 Å². The summed E-state index contributed by atoms with van der Waals surface area (Å²) in [7, 11) is 1.50. The van der Waals surface area contributed by atoms with Crippen LogP contribution < -0.4 is 15.2 Å². The zero-order valence-electron chi connectivity index (χ0n) is 19.5. The summed E-state index contributed by atoms with van der Waals surface area (Å²) in [5, 5.41) is 0. The van der Waals surface area contributed by atoms with E-state index in [0.717, 1.165) is 24.8 Å². The number of hydrogen-bond acceptors (Lipinski definition) is 4. The number of benzene rings is 2. The quantitative estimate of drug-likeness (QED) is 0.457. The van der Waals surface area contributed by atoms with Crippen molar-refractivity contribution in [1.29, 1.82) is 0 Å². The lowest BCUT2D eigenvalue weighted by Gasteiger charge is -2.18. The highest BCUT2D eigenvalue weighted by molar-refractivity contribution is 5.81. The van der Waals surface area contributed by atoms with Gasteiger partial charge in [0.15, 0.2) is 17.3 Å². The number of amides is 1. The van der Waals surface area contributed by atoms with Crippen molar-refractivity contribution in [2.45, 2.75) is 63.7 Å². The Hall–Kier alpha value is -2.89. The largest absolute Gasteiger partial charge is 0.494 e. The molecular formula is C27H34FNO4. The summed E-state index contributed by atoms with van der Waals surface area (Å²) in [6.07, 6.45) is 5.54. The number of halogens is 1. The molecule has 6 heteroatoms. The molecule has 178 valence electrons. The fourth-order valence-electron chi connectivity index (χ4n) is 4.74. The second-order valence-electron chi connectivity index (χ2n) is 9.12. The van der Waals surface area contributed by atoms with Crippen molar-refractivity contribution in [3.8, 4) is 11.5 Å². The van der Waals surface area contributed by atoms with Gasteiger partial charge in [0, 0.05) is 12.8 Å². The van der Waals surface area contributed by atoms with Crippen LogP contribution in [0.25, 0.3) is 0 Å². The van der Waals surface area contributed by atoms with Gasteiger partial charge in [-0.05, 0) is 85.3 Å². The van der Waals surface area contributed by atoms with Crippen molar-refractivity contribution in [2.75, 3.05) is 13.7 Å². The molecule has 0 unspecified atom stereocenters. The van der Waals surface area contributed by atoms with E-state index < -0.39 is 5.91 Å². The molecular weight excluding hydrogens is 421 g/mol. The lowest BCUT2D eigenvalue weighted by atomic mass is 9.88. The van der Waals surface area contributed by atoms with Crippen LogP contribution in [-0.4, -0.2) is 25.4 Å². The molecule has 33 heavy (non-hydrogen) atoms. The summed E-state index contributed by atoms with van der Waals surface area (Å²) in [5.41, 5.74) is 7.50. The number of carbonyl (C=O) groups excluding carboxylic acids is 2. The molecule has 0 radical (unpaired) electrons. The van der Waals surface area contributed by atoms with Crippen LogP contribution in [-0.2, 0) is 9.59 Å². The first-order valence-corrected chi connectivity index (χ1v) is 11.7. The minimum Gasteiger partial charge on any atom is -0.494 e. The van der Waals surface area contributed by atoms with Gasteiger partial charge < -0.3 is 15.2 Å². The number of rotatable bonds is 12. The maximum absolute atomic E-state index is 13.7. The van der Waals surface area contributed by atoms with Crippen molar-refractivity contribution in [2.24, 2.45) is 11.7 Å². The molecule has 2 aromatic carbocycles. The Kier molecular flexibility index (Phi) is 8.87. The van der Waals surface area contributed by atoms with Crippen LogP contribution in [0, 0.1) is 11.7 Å². The first kappa shape index (κ1) is 24.7. The Morgan fingerprint density at radius 1 is 1.12 bits per heavy atom. The van der Waals surface area contributed by atoms with E-state index in [4.69, 9.17) is 15.2 Å². The zero-order chi connectivity index (χ0) is 23.8. The summed E-state index contributed by atoms with van der Waals surface area (Å²) < 4.78 is 24.4. The minimum atomic E-state index is -0.390. The van der Waals surface area contributed by atoms with E-state index in [1.807, 2.05) is 24.3 Å². The van der Waals surface area contributed by atoms with Crippen molar-refractivity contribution in [3.63, 3.8) is 0 Å². The van der Waals surface area contributed by atoms with Gasteiger partial charge in [-0.2, -0.15) is 0 Å². The van der Waals surface area contributed by atoms with Crippen LogP contribution >= 0.6 is 0 Å². The number of ether oxygens (including phenoxy) is 2. The van der Waals surface area contributed by atoms with E-state index in [1.54, 1.807) is 0 Å². The van der Waals surface area contributed by atoms with Gasteiger partial charge in [0.25, 0.3) is 0 Å². The van der Waals surface area contributed by atoms with Gasteiger partial charge in [0.1, 0.15) is 12.4 Å². The standard InChI is InChI=1S/C27H34FNO4/c1-18(21-10-13-25(28)26(16-21)32-2)14-19-6-7-22(15-19)20-8-11-24(12-9-20)33-17-23(30)4-3-5-27(29)31/h8-13,16,18-19,22H,3-7,14-15,17H2,1-2H3,(H2,29,31)/t18-,19+,22+/m0/s1. The molecule has 0 saturated heterocycles. The van der Waals surface area contributed by atoms with Gasteiger partial charge in [-0.15, -0.1) is 0 Å². The molecule has 0 bridgehead atoms. The average Bonchev–Trinajstić information content (AvgIpc) is 3.26. The maximum atomic E-state index is 13.7. The molecule has 0 aliphatic heterocycles. The van der Waals surface area contributed by atoms with E-state index in [2.05, 4.69) is 19.1 Å². The minimum absolute atomic E-state index is 0.00959. The molecule has 1 aliphatic carbocycles. The molecule has 1 fully saturated rings. The number of primary amides is 1. The molecule has 0 aromatic heterocycles. The van der Waals surface area contributed by atoms with Crippen molar-refractivity contribution in [3.05, 3.63) is 59.4 Å². The lowest BCUT2D eigenvalue weighted by molar-refractivity contribution is -0.121. The lowest BCUT2D eigenvalue weighted by Crippen LogP contribution is -2.14. The second kappa shape index (κ2) is 11.8. The number of ketones is 1. The van der Waals surface area contributed by atoms with Gasteiger partial charge in [-0.25, -0.2) is 4.39 Å². The second-order valence-corrected chi connectivity index (χ2v) is 9.12. The Morgan fingerprint density at radius 2 is 1.88 bits per heavy atom. The summed E-state index contributed by atoms with van der Waals surface area (Å²) in [5.74, 6) is 1.73. The van der Waals surface area contributed by atoms with Gasteiger partial charge in [-0.1, -0.05) is 25.1 Å². The smallest absolute Gasteiger partial charge is 0.217 e. The number of methoxy groups -OCH3 is 1. The predicted molar refractivity (Wildman–Crippen MR) is 126 cm³/mol. The van der Waals surface area contributed by atoms with Crippen LogP contribution in [0.15, 0.2) is 42.5 Å². The number of hydrogen-bond donors (Lipinski definition) is 1. The number of Topliss-reactive ketones (excluding diaryl/α,β-unsaturated/α-hetero) is 1. The summed E-state index contributed by atoms with van der Waals surface area (Å²) >= 11 is 0. The maximum Gasteiger partial charge on any atom is 0.217 e. The fourth-order valence-corrected chi connectivity index (χ4v) is 4.74. The molecule has 5 nitrogen and oxygen atoms in total. The summed E-state index contributed by atoms with van der Waals surface area (Å²) in [4.78, 5) is 22.6. The normalized spacial score (nSPS) is 18.6. The van der Waals surface area contributed by atoms with E-state index in [9.17, 15) is 14.0 Å². The molecule has 3 atom stereocenters. The van der Waals surface area contributed by atoms with Crippen LogP contribution in [0.5, 0.6) is 11.5 Å². The van der Waals surface area contributed by atoms with E-state index in [1.165, 1.54) is 25.2 Å². The van der Waals surface area contributed by atoms with Crippen LogP contribution in [0.3, 0.4) is 0 Å². The van der Waals surface area contributed by atoms with Crippen molar-refractivity contribution >= 4 is 11.7 Å². The first-order valence-electron chi connectivity index (χ1n) is 11.7. The number of nitrogens with two attached hydrogens (primary N) is 1. The van der Waals surface area contributed by atoms with Crippen LogP contribution in [0.4, 0.5) is 4.39 Å². The van der Waals surface area contributed by atoms with Gasteiger partial charge in [-0.3, -0.25) is 9.59 Å². The van der Waals surface area contributed by atoms with E-state index >= 15 is 0 Å². The van der Waals surface area contributed by atoms with Crippen molar-refractivity contribution in [1.82, 2.24) is 0 Å². The highest BCUT2D eigenvalue weighted by Crippen LogP contribution is 2.43. The third-order valence-electron chi connectivity index (χ3n) is 6.60. The monoisotopic (exact) mass is 455 g/mol.